The average molecular weight is 289 g/mol. The highest BCUT2D eigenvalue weighted by Crippen LogP contribution is 2.26. The molecule has 1 fully saturated rings. The van der Waals surface area contributed by atoms with Gasteiger partial charge in [0.2, 0.25) is 0 Å². The third kappa shape index (κ3) is 5.31. The van der Waals surface area contributed by atoms with Crippen molar-refractivity contribution in [2.75, 3.05) is 24.5 Å². The zero-order valence-electron chi connectivity index (χ0n) is 13.9. The second-order valence-corrected chi connectivity index (χ2v) is 6.75. The summed E-state index contributed by atoms with van der Waals surface area (Å²) < 4.78 is 0. The summed E-state index contributed by atoms with van der Waals surface area (Å²) >= 11 is 0. The number of nitrogens with one attached hydrogen (secondary N) is 1. The number of piperidine rings is 1. The first kappa shape index (κ1) is 16.3. The molecular weight excluding hydrogens is 258 g/mol. The number of anilines is 1. The summed E-state index contributed by atoms with van der Waals surface area (Å²) in [6, 6.07) is 4.42. The molecule has 0 atom stereocenters. The van der Waals surface area contributed by atoms with Gasteiger partial charge < -0.3 is 10.2 Å². The molecule has 1 aromatic heterocycles. The SMILES string of the molecule is CCCC1CCN(c2ccnc(CNCC(C)C)c2)CC1. The van der Waals surface area contributed by atoms with E-state index in [4.69, 9.17) is 0 Å². The maximum absolute atomic E-state index is 4.49. The molecule has 0 amide bonds. The molecule has 1 N–H and O–H groups in total. The molecule has 1 aliphatic rings. The monoisotopic (exact) mass is 289 g/mol. The molecule has 1 aliphatic heterocycles. The standard InChI is InChI=1S/C18H31N3/c1-4-5-16-7-10-21(11-8-16)18-6-9-20-17(12-18)14-19-13-15(2)3/h6,9,12,15-16,19H,4-5,7-8,10-11,13-14H2,1-3H3. The molecular formula is C18H31N3. The van der Waals surface area contributed by atoms with Crippen LogP contribution in [0.5, 0.6) is 0 Å². The zero-order chi connectivity index (χ0) is 15.1. The van der Waals surface area contributed by atoms with Gasteiger partial charge in [-0.2, -0.15) is 0 Å². The fourth-order valence-corrected chi connectivity index (χ4v) is 3.14. The zero-order valence-corrected chi connectivity index (χ0v) is 13.9. The van der Waals surface area contributed by atoms with Crippen molar-refractivity contribution in [3.63, 3.8) is 0 Å². The van der Waals surface area contributed by atoms with E-state index < -0.39 is 0 Å². The molecule has 3 heteroatoms. The highest BCUT2D eigenvalue weighted by molar-refractivity contribution is 5.46. The summed E-state index contributed by atoms with van der Waals surface area (Å²) in [6.07, 6.45) is 7.37. The van der Waals surface area contributed by atoms with E-state index in [0.29, 0.717) is 5.92 Å². The number of nitrogens with zero attached hydrogens (tertiary/aromatic N) is 2. The molecule has 0 unspecified atom stereocenters. The quantitative estimate of drug-likeness (QED) is 0.826. The van der Waals surface area contributed by atoms with Crippen molar-refractivity contribution in [2.24, 2.45) is 11.8 Å². The first-order valence-corrected chi connectivity index (χ1v) is 8.59. The number of rotatable bonds is 7. The molecule has 0 aliphatic carbocycles. The molecule has 3 nitrogen and oxygen atoms in total. The van der Waals surface area contributed by atoms with E-state index in [-0.39, 0.29) is 0 Å². The lowest BCUT2D eigenvalue weighted by atomic mass is 9.92. The molecule has 0 spiro atoms. The van der Waals surface area contributed by atoms with Crippen LogP contribution in [0.1, 0.15) is 52.1 Å². The van der Waals surface area contributed by atoms with E-state index in [9.17, 15) is 0 Å². The Morgan fingerprint density at radius 1 is 1.33 bits per heavy atom. The minimum absolute atomic E-state index is 0.686. The fraction of sp³-hybridized carbons (Fsp3) is 0.722. The molecule has 0 bridgehead atoms. The topological polar surface area (TPSA) is 28.2 Å². The van der Waals surface area contributed by atoms with Crippen LogP contribution in [0.25, 0.3) is 0 Å². The lowest BCUT2D eigenvalue weighted by molar-refractivity contribution is 0.378. The van der Waals surface area contributed by atoms with E-state index in [1.165, 1.54) is 44.5 Å². The second-order valence-electron chi connectivity index (χ2n) is 6.75. The third-order valence-corrected chi connectivity index (χ3v) is 4.34. The van der Waals surface area contributed by atoms with Gasteiger partial charge in [0.25, 0.3) is 0 Å². The Morgan fingerprint density at radius 2 is 2.10 bits per heavy atom. The molecule has 1 saturated heterocycles. The molecule has 0 saturated carbocycles. The maximum atomic E-state index is 4.49. The Kier molecular flexibility index (Phi) is 6.50. The van der Waals surface area contributed by atoms with Gasteiger partial charge in [-0.1, -0.05) is 33.6 Å². The first-order chi connectivity index (χ1) is 10.2. The number of hydrogen-bond acceptors (Lipinski definition) is 3. The minimum atomic E-state index is 0.686. The van der Waals surface area contributed by atoms with Gasteiger partial charge in [-0.15, -0.1) is 0 Å². The van der Waals surface area contributed by atoms with Crippen molar-refractivity contribution >= 4 is 5.69 Å². The average Bonchev–Trinajstić information content (AvgIpc) is 2.48. The lowest BCUT2D eigenvalue weighted by Gasteiger charge is -2.33. The van der Waals surface area contributed by atoms with E-state index in [1.54, 1.807) is 0 Å². The largest absolute Gasteiger partial charge is 0.371 e. The summed E-state index contributed by atoms with van der Waals surface area (Å²) in [6.45, 7) is 11.1. The Bertz CT molecular complexity index is 409. The van der Waals surface area contributed by atoms with Crippen LogP contribution in [0.15, 0.2) is 18.3 Å². The van der Waals surface area contributed by atoms with Crippen LogP contribution in [-0.2, 0) is 6.54 Å². The summed E-state index contributed by atoms with van der Waals surface area (Å²) in [5, 5.41) is 3.47. The van der Waals surface area contributed by atoms with Gasteiger partial charge in [0, 0.05) is 31.5 Å². The molecule has 1 aromatic rings. The van der Waals surface area contributed by atoms with Gasteiger partial charge in [0.1, 0.15) is 0 Å². The van der Waals surface area contributed by atoms with E-state index in [0.717, 1.165) is 24.7 Å². The van der Waals surface area contributed by atoms with E-state index >= 15 is 0 Å². The van der Waals surface area contributed by atoms with Crippen LogP contribution in [0.3, 0.4) is 0 Å². The van der Waals surface area contributed by atoms with Crippen molar-refractivity contribution in [3.8, 4) is 0 Å². The Balaban J connectivity index is 1.86. The highest BCUT2D eigenvalue weighted by Gasteiger charge is 2.18. The van der Waals surface area contributed by atoms with Crippen LogP contribution >= 0.6 is 0 Å². The molecule has 0 aromatic carbocycles. The van der Waals surface area contributed by atoms with Crippen LogP contribution in [-0.4, -0.2) is 24.6 Å². The summed E-state index contributed by atoms with van der Waals surface area (Å²) in [7, 11) is 0. The van der Waals surface area contributed by atoms with Gasteiger partial charge in [0.15, 0.2) is 0 Å². The highest BCUT2D eigenvalue weighted by atomic mass is 15.1. The Labute approximate surface area is 130 Å². The Hall–Kier alpha value is -1.09. The summed E-state index contributed by atoms with van der Waals surface area (Å²) in [5.74, 6) is 1.63. The van der Waals surface area contributed by atoms with Crippen molar-refractivity contribution in [3.05, 3.63) is 24.0 Å². The molecule has 118 valence electrons. The molecule has 2 rings (SSSR count). The molecule has 0 radical (unpaired) electrons. The number of aromatic nitrogens is 1. The smallest absolute Gasteiger partial charge is 0.0562 e. The van der Waals surface area contributed by atoms with Crippen molar-refractivity contribution in [2.45, 2.75) is 53.0 Å². The van der Waals surface area contributed by atoms with Gasteiger partial charge in [0.05, 0.1) is 5.69 Å². The second kappa shape index (κ2) is 8.38. The van der Waals surface area contributed by atoms with Crippen molar-refractivity contribution < 1.29 is 0 Å². The molecule has 21 heavy (non-hydrogen) atoms. The minimum Gasteiger partial charge on any atom is -0.371 e. The van der Waals surface area contributed by atoms with Gasteiger partial charge in [-0.25, -0.2) is 0 Å². The summed E-state index contributed by atoms with van der Waals surface area (Å²) in [5.41, 5.74) is 2.50. The first-order valence-electron chi connectivity index (χ1n) is 8.59. The molecule has 2 heterocycles. The van der Waals surface area contributed by atoms with E-state index in [2.05, 4.69) is 48.1 Å². The Morgan fingerprint density at radius 3 is 2.76 bits per heavy atom. The normalized spacial score (nSPS) is 16.7. The lowest BCUT2D eigenvalue weighted by Crippen LogP contribution is -2.33. The number of hydrogen-bond donors (Lipinski definition) is 1. The van der Waals surface area contributed by atoms with Crippen LogP contribution in [0.2, 0.25) is 0 Å². The predicted molar refractivity (Wildman–Crippen MR) is 90.6 cm³/mol. The van der Waals surface area contributed by atoms with E-state index in [1.807, 2.05) is 6.20 Å². The van der Waals surface area contributed by atoms with Gasteiger partial charge >= 0.3 is 0 Å². The summed E-state index contributed by atoms with van der Waals surface area (Å²) in [4.78, 5) is 7.01. The van der Waals surface area contributed by atoms with Gasteiger partial charge in [-0.3, -0.25) is 4.98 Å². The van der Waals surface area contributed by atoms with Crippen LogP contribution in [0.4, 0.5) is 5.69 Å². The predicted octanol–water partition coefficient (Wildman–Crippen LogP) is 3.84. The third-order valence-electron chi connectivity index (χ3n) is 4.34. The van der Waals surface area contributed by atoms with Gasteiger partial charge in [-0.05, 0) is 43.4 Å². The van der Waals surface area contributed by atoms with Crippen LogP contribution in [0, 0.1) is 11.8 Å². The van der Waals surface area contributed by atoms with Crippen molar-refractivity contribution in [1.29, 1.82) is 0 Å². The fourth-order valence-electron chi connectivity index (χ4n) is 3.14. The number of pyridine rings is 1. The van der Waals surface area contributed by atoms with Crippen LogP contribution < -0.4 is 10.2 Å². The van der Waals surface area contributed by atoms with Crippen molar-refractivity contribution in [1.82, 2.24) is 10.3 Å². The maximum Gasteiger partial charge on any atom is 0.0562 e.